The molecule has 2 N–H and O–H groups in total. The van der Waals surface area contributed by atoms with Crippen LogP contribution in [0, 0.1) is 5.92 Å². The van der Waals surface area contributed by atoms with E-state index in [9.17, 15) is 4.79 Å². The van der Waals surface area contributed by atoms with Crippen molar-refractivity contribution in [2.75, 3.05) is 18.5 Å². The van der Waals surface area contributed by atoms with Gasteiger partial charge in [0.05, 0.1) is 24.5 Å². The molecule has 0 saturated carbocycles. The quantitative estimate of drug-likeness (QED) is 0.352. The van der Waals surface area contributed by atoms with Gasteiger partial charge in [-0.25, -0.2) is 0 Å². The Kier molecular flexibility index (Phi) is 9.41. The van der Waals surface area contributed by atoms with Crippen molar-refractivity contribution in [3.8, 4) is 11.5 Å². The van der Waals surface area contributed by atoms with Crippen molar-refractivity contribution >= 4 is 44.9 Å². The van der Waals surface area contributed by atoms with Gasteiger partial charge in [-0.3, -0.25) is 10.1 Å². The van der Waals surface area contributed by atoms with Crippen LogP contribution in [0.4, 0.5) is 5.69 Å². The van der Waals surface area contributed by atoms with E-state index in [1.165, 1.54) is 0 Å². The number of anilines is 1. The van der Waals surface area contributed by atoms with Crippen LogP contribution in [0.3, 0.4) is 0 Å². The maximum Gasteiger partial charge on any atom is 0.261 e. The number of carbonyl (C=O) groups excluding carboxylic acids is 1. The lowest BCUT2D eigenvalue weighted by atomic mass is 10.2. The number of para-hydroxylation sites is 2. The lowest BCUT2D eigenvalue weighted by molar-refractivity contribution is 0.0973. The van der Waals surface area contributed by atoms with Gasteiger partial charge in [-0.15, -0.1) is 0 Å². The topological polar surface area (TPSA) is 59.6 Å². The highest BCUT2D eigenvalue weighted by Gasteiger charge is 2.16. The summed E-state index contributed by atoms with van der Waals surface area (Å²) in [6.45, 7) is 7.37. The molecular weight excluding hydrogens is 452 g/mol. The smallest absolute Gasteiger partial charge is 0.261 e. The fourth-order valence-electron chi connectivity index (χ4n) is 2.41. The summed E-state index contributed by atoms with van der Waals surface area (Å²) in [5.74, 6) is 1.22. The van der Waals surface area contributed by atoms with Crippen LogP contribution >= 0.6 is 28.1 Å². The first-order valence-electron chi connectivity index (χ1n) is 9.67. The van der Waals surface area contributed by atoms with Gasteiger partial charge < -0.3 is 14.8 Å². The third kappa shape index (κ3) is 7.66. The highest BCUT2D eigenvalue weighted by Crippen LogP contribution is 2.25. The first kappa shape index (κ1) is 23.2. The standard InChI is InChI=1S/C22H27BrN2O3S/c1-4-5-12-27-20-9-7-6-8-18(20)24-22(29)25-21(26)17-13-16(23)10-11-19(17)28-14-15(2)3/h6-11,13,15H,4-5,12,14H2,1-3H3,(H2,24,25,26,29). The van der Waals surface area contributed by atoms with Crippen LogP contribution < -0.4 is 20.1 Å². The number of ether oxygens (including phenoxy) is 2. The number of unbranched alkanes of at least 4 members (excludes halogenated alkanes) is 1. The van der Waals surface area contributed by atoms with E-state index in [0.717, 1.165) is 17.3 Å². The molecule has 5 nitrogen and oxygen atoms in total. The van der Waals surface area contributed by atoms with Crippen molar-refractivity contribution in [3.05, 3.63) is 52.5 Å². The average molecular weight is 479 g/mol. The number of hydrogen-bond donors (Lipinski definition) is 2. The maximum atomic E-state index is 12.8. The predicted molar refractivity (Wildman–Crippen MR) is 125 cm³/mol. The Balaban J connectivity index is 2.06. The fourth-order valence-corrected chi connectivity index (χ4v) is 2.97. The second-order valence-electron chi connectivity index (χ2n) is 6.95. The van der Waals surface area contributed by atoms with Crippen molar-refractivity contribution in [3.63, 3.8) is 0 Å². The van der Waals surface area contributed by atoms with Gasteiger partial charge >= 0.3 is 0 Å². The van der Waals surface area contributed by atoms with Gasteiger partial charge in [0.25, 0.3) is 5.91 Å². The summed E-state index contributed by atoms with van der Waals surface area (Å²) >= 11 is 8.74. The molecule has 0 spiro atoms. The second-order valence-corrected chi connectivity index (χ2v) is 8.28. The number of benzene rings is 2. The van der Waals surface area contributed by atoms with Gasteiger partial charge in [-0.05, 0) is 54.9 Å². The van der Waals surface area contributed by atoms with E-state index in [1.807, 2.05) is 30.3 Å². The minimum Gasteiger partial charge on any atom is -0.492 e. The predicted octanol–water partition coefficient (Wildman–Crippen LogP) is 5.79. The summed E-state index contributed by atoms with van der Waals surface area (Å²) in [5.41, 5.74) is 1.12. The van der Waals surface area contributed by atoms with E-state index in [2.05, 4.69) is 47.3 Å². The Hall–Kier alpha value is -2.12. The molecular formula is C22H27BrN2O3S. The van der Waals surface area contributed by atoms with Crippen molar-refractivity contribution in [1.29, 1.82) is 0 Å². The molecule has 0 aliphatic heterocycles. The zero-order valence-corrected chi connectivity index (χ0v) is 19.4. The van der Waals surface area contributed by atoms with Gasteiger partial charge in [0.1, 0.15) is 11.5 Å². The molecule has 7 heteroatoms. The summed E-state index contributed by atoms with van der Waals surface area (Å²) in [4.78, 5) is 12.8. The minimum absolute atomic E-state index is 0.191. The molecule has 2 rings (SSSR count). The van der Waals surface area contributed by atoms with Crippen molar-refractivity contribution in [2.45, 2.75) is 33.6 Å². The molecule has 0 aromatic heterocycles. The van der Waals surface area contributed by atoms with E-state index in [-0.39, 0.29) is 11.0 Å². The van der Waals surface area contributed by atoms with Crippen LogP contribution in [0.2, 0.25) is 0 Å². The van der Waals surface area contributed by atoms with E-state index < -0.39 is 0 Å². The van der Waals surface area contributed by atoms with Gasteiger partial charge in [0, 0.05) is 4.47 Å². The SMILES string of the molecule is CCCCOc1ccccc1NC(=S)NC(=O)c1cc(Br)ccc1OCC(C)C. The molecule has 0 saturated heterocycles. The number of rotatable bonds is 9. The highest BCUT2D eigenvalue weighted by molar-refractivity contribution is 9.10. The number of halogens is 1. The Morgan fingerprint density at radius 1 is 1.14 bits per heavy atom. The molecule has 2 aromatic rings. The number of nitrogens with one attached hydrogen (secondary N) is 2. The monoisotopic (exact) mass is 478 g/mol. The van der Waals surface area contributed by atoms with Gasteiger partial charge in [-0.1, -0.05) is 55.3 Å². The first-order chi connectivity index (χ1) is 13.9. The fraction of sp³-hybridized carbons (Fsp3) is 0.364. The summed E-state index contributed by atoms with van der Waals surface area (Å²) < 4.78 is 12.4. The molecule has 0 unspecified atom stereocenters. The average Bonchev–Trinajstić information content (AvgIpc) is 2.68. The molecule has 156 valence electrons. The first-order valence-corrected chi connectivity index (χ1v) is 10.9. The summed E-state index contributed by atoms with van der Waals surface area (Å²) in [7, 11) is 0. The van der Waals surface area contributed by atoms with E-state index >= 15 is 0 Å². The summed E-state index contributed by atoms with van der Waals surface area (Å²) in [5, 5.41) is 5.95. The number of amides is 1. The molecule has 0 atom stereocenters. The Bertz CT molecular complexity index is 843. The van der Waals surface area contributed by atoms with Crippen molar-refractivity contribution in [2.24, 2.45) is 5.92 Å². The Morgan fingerprint density at radius 2 is 1.90 bits per heavy atom. The number of carbonyl (C=O) groups is 1. The maximum absolute atomic E-state index is 12.8. The van der Waals surface area contributed by atoms with Crippen LogP contribution in [0.1, 0.15) is 44.0 Å². The van der Waals surface area contributed by atoms with Crippen LogP contribution in [0.15, 0.2) is 46.9 Å². The molecule has 29 heavy (non-hydrogen) atoms. The second kappa shape index (κ2) is 11.8. The number of hydrogen-bond acceptors (Lipinski definition) is 4. The van der Waals surface area contributed by atoms with Crippen LogP contribution in [-0.4, -0.2) is 24.2 Å². The number of thiocarbonyl (C=S) groups is 1. The van der Waals surface area contributed by atoms with Gasteiger partial charge in [0.2, 0.25) is 0 Å². The Labute approximate surface area is 186 Å². The van der Waals surface area contributed by atoms with Crippen molar-refractivity contribution in [1.82, 2.24) is 5.32 Å². The highest BCUT2D eigenvalue weighted by atomic mass is 79.9. The molecule has 0 aliphatic carbocycles. The largest absolute Gasteiger partial charge is 0.492 e. The normalized spacial score (nSPS) is 10.5. The zero-order chi connectivity index (χ0) is 21.2. The molecule has 0 radical (unpaired) electrons. The third-order valence-corrected chi connectivity index (χ3v) is 4.57. The van der Waals surface area contributed by atoms with Crippen LogP contribution in [0.25, 0.3) is 0 Å². The molecule has 1 amide bonds. The molecule has 0 bridgehead atoms. The van der Waals surface area contributed by atoms with Crippen LogP contribution in [-0.2, 0) is 0 Å². The van der Waals surface area contributed by atoms with E-state index in [1.54, 1.807) is 12.1 Å². The molecule has 0 fully saturated rings. The lowest BCUT2D eigenvalue weighted by Crippen LogP contribution is -2.34. The van der Waals surface area contributed by atoms with E-state index in [4.69, 9.17) is 21.7 Å². The van der Waals surface area contributed by atoms with Crippen molar-refractivity contribution < 1.29 is 14.3 Å². The zero-order valence-electron chi connectivity index (χ0n) is 17.0. The lowest BCUT2D eigenvalue weighted by Gasteiger charge is -2.16. The van der Waals surface area contributed by atoms with Crippen LogP contribution in [0.5, 0.6) is 11.5 Å². The van der Waals surface area contributed by atoms with Gasteiger partial charge in [0.15, 0.2) is 5.11 Å². The Morgan fingerprint density at radius 3 is 2.62 bits per heavy atom. The molecule has 2 aromatic carbocycles. The molecule has 0 heterocycles. The van der Waals surface area contributed by atoms with E-state index in [0.29, 0.717) is 41.9 Å². The summed E-state index contributed by atoms with van der Waals surface area (Å²) in [6, 6.07) is 12.8. The molecule has 0 aliphatic rings. The third-order valence-electron chi connectivity index (χ3n) is 3.88. The van der Waals surface area contributed by atoms with Gasteiger partial charge in [-0.2, -0.15) is 0 Å². The minimum atomic E-state index is -0.341. The summed E-state index contributed by atoms with van der Waals surface area (Å²) in [6.07, 6.45) is 2.02.